The van der Waals surface area contributed by atoms with E-state index in [1.54, 1.807) is 38.1 Å². The molecule has 128 valence electrons. The molecule has 2 aromatic heterocycles. The highest BCUT2D eigenvalue weighted by Gasteiger charge is 2.12. The smallest absolute Gasteiger partial charge is 0.259 e. The Hall–Kier alpha value is -3.28. The molecule has 0 spiro atoms. The van der Waals surface area contributed by atoms with E-state index in [-0.39, 0.29) is 11.8 Å². The van der Waals surface area contributed by atoms with Crippen molar-refractivity contribution < 1.29 is 18.4 Å². The van der Waals surface area contributed by atoms with Crippen molar-refractivity contribution in [2.75, 3.05) is 5.32 Å². The standard InChI is InChI=1S/C19H18N2O4/c1-12-16(7-9-24-12)18(22)20-11-14-3-5-15(6-4-14)21-19(23)17-8-10-25-13(17)2/h3-10H,11H2,1-2H3,(H,20,22)(H,21,23). The van der Waals surface area contributed by atoms with Crippen molar-refractivity contribution in [1.29, 1.82) is 0 Å². The van der Waals surface area contributed by atoms with Gasteiger partial charge in [-0.1, -0.05) is 12.1 Å². The molecule has 3 rings (SSSR count). The zero-order valence-corrected chi connectivity index (χ0v) is 14.0. The molecule has 0 fully saturated rings. The van der Waals surface area contributed by atoms with E-state index in [9.17, 15) is 9.59 Å². The fraction of sp³-hybridized carbons (Fsp3) is 0.158. The topological polar surface area (TPSA) is 84.5 Å². The molecule has 0 saturated heterocycles. The van der Waals surface area contributed by atoms with Crippen molar-refractivity contribution in [2.45, 2.75) is 20.4 Å². The van der Waals surface area contributed by atoms with Crippen molar-refractivity contribution >= 4 is 17.5 Å². The number of benzene rings is 1. The Morgan fingerprint density at radius 1 is 0.840 bits per heavy atom. The monoisotopic (exact) mass is 338 g/mol. The van der Waals surface area contributed by atoms with Crippen LogP contribution in [0, 0.1) is 13.8 Å². The molecule has 3 aromatic rings. The first-order valence-electron chi connectivity index (χ1n) is 7.81. The van der Waals surface area contributed by atoms with E-state index in [0.29, 0.717) is 34.9 Å². The van der Waals surface area contributed by atoms with E-state index in [2.05, 4.69) is 10.6 Å². The Kier molecular flexibility index (Phi) is 4.70. The van der Waals surface area contributed by atoms with Crippen molar-refractivity contribution in [1.82, 2.24) is 5.32 Å². The highest BCUT2D eigenvalue weighted by atomic mass is 16.3. The summed E-state index contributed by atoms with van der Waals surface area (Å²) >= 11 is 0. The second-order valence-corrected chi connectivity index (χ2v) is 5.61. The van der Waals surface area contributed by atoms with Gasteiger partial charge in [0.2, 0.25) is 0 Å². The summed E-state index contributed by atoms with van der Waals surface area (Å²) in [4.78, 5) is 24.2. The summed E-state index contributed by atoms with van der Waals surface area (Å²) in [6, 6.07) is 10.5. The predicted octanol–water partition coefficient (Wildman–Crippen LogP) is 3.67. The van der Waals surface area contributed by atoms with Crippen LogP contribution >= 0.6 is 0 Å². The SMILES string of the molecule is Cc1occc1C(=O)NCc1ccc(NC(=O)c2ccoc2C)cc1. The number of rotatable bonds is 5. The molecule has 0 unspecified atom stereocenters. The third-order valence-electron chi connectivity index (χ3n) is 3.87. The third kappa shape index (κ3) is 3.80. The molecule has 0 atom stereocenters. The number of amides is 2. The van der Waals surface area contributed by atoms with E-state index < -0.39 is 0 Å². The lowest BCUT2D eigenvalue weighted by molar-refractivity contribution is 0.0948. The summed E-state index contributed by atoms with van der Waals surface area (Å²) in [5.41, 5.74) is 2.63. The zero-order valence-electron chi connectivity index (χ0n) is 14.0. The van der Waals surface area contributed by atoms with Gasteiger partial charge in [-0.05, 0) is 43.7 Å². The number of nitrogens with one attached hydrogen (secondary N) is 2. The van der Waals surface area contributed by atoms with Gasteiger partial charge >= 0.3 is 0 Å². The lowest BCUT2D eigenvalue weighted by Crippen LogP contribution is -2.22. The zero-order chi connectivity index (χ0) is 17.8. The first-order valence-corrected chi connectivity index (χ1v) is 7.81. The van der Waals surface area contributed by atoms with Crippen molar-refractivity contribution in [3.8, 4) is 0 Å². The Morgan fingerprint density at radius 2 is 1.40 bits per heavy atom. The van der Waals surface area contributed by atoms with Gasteiger partial charge in [-0.3, -0.25) is 9.59 Å². The first-order chi connectivity index (χ1) is 12.0. The first kappa shape index (κ1) is 16.6. The summed E-state index contributed by atoms with van der Waals surface area (Å²) in [5.74, 6) is 0.762. The van der Waals surface area contributed by atoms with Gasteiger partial charge in [-0.15, -0.1) is 0 Å². The summed E-state index contributed by atoms with van der Waals surface area (Å²) in [5, 5.41) is 5.64. The van der Waals surface area contributed by atoms with Crippen LogP contribution in [0.15, 0.2) is 57.8 Å². The van der Waals surface area contributed by atoms with Crippen LogP contribution in [0.4, 0.5) is 5.69 Å². The molecule has 1 aromatic carbocycles. The van der Waals surface area contributed by atoms with Crippen molar-refractivity contribution in [2.24, 2.45) is 0 Å². The molecular weight excluding hydrogens is 320 g/mol. The highest BCUT2D eigenvalue weighted by Crippen LogP contribution is 2.15. The quantitative estimate of drug-likeness (QED) is 0.743. The number of furan rings is 2. The molecule has 2 heterocycles. The fourth-order valence-corrected chi connectivity index (χ4v) is 2.42. The molecule has 2 amide bonds. The summed E-state index contributed by atoms with van der Waals surface area (Å²) < 4.78 is 10.2. The van der Waals surface area contributed by atoms with Gasteiger partial charge in [0.05, 0.1) is 23.7 Å². The molecule has 6 heteroatoms. The molecule has 0 radical (unpaired) electrons. The second-order valence-electron chi connectivity index (χ2n) is 5.61. The molecule has 0 aliphatic carbocycles. The summed E-state index contributed by atoms with van der Waals surface area (Å²) in [7, 11) is 0. The van der Waals surface area contributed by atoms with Crippen molar-refractivity contribution in [3.05, 3.63) is 77.1 Å². The average Bonchev–Trinajstić information content (AvgIpc) is 3.22. The van der Waals surface area contributed by atoms with Crippen LogP contribution in [-0.2, 0) is 6.54 Å². The summed E-state index contributed by atoms with van der Waals surface area (Å²) in [6.45, 7) is 3.87. The van der Waals surface area contributed by atoms with Gasteiger partial charge in [0.1, 0.15) is 11.5 Å². The lowest BCUT2D eigenvalue weighted by atomic mass is 10.2. The number of carbonyl (C=O) groups is 2. The van der Waals surface area contributed by atoms with Crippen LogP contribution in [-0.4, -0.2) is 11.8 Å². The van der Waals surface area contributed by atoms with E-state index in [0.717, 1.165) is 5.56 Å². The Balaban J connectivity index is 1.57. The van der Waals surface area contributed by atoms with Gasteiger partial charge < -0.3 is 19.5 Å². The highest BCUT2D eigenvalue weighted by molar-refractivity contribution is 6.04. The number of hydrogen-bond donors (Lipinski definition) is 2. The van der Waals surface area contributed by atoms with E-state index >= 15 is 0 Å². The Bertz CT molecular complexity index is 890. The van der Waals surface area contributed by atoms with Gasteiger partial charge in [0.25, 0.3) is 11.8 Å². The lowest BCUT2D eigenvalue weighted by Gasteiger charge is -2.07. The minimum absolute atomic E-state index is 0.181. The number of hydrogen-bond acceptors (Lipinski definition) is 4. The third-order valence-corrected chi connectivity index (χ3v) is 3.87. The molecule has 0 aliphatic heterocycles. The Morgan fingerprint density at radius 3 is 1.92 bits per heavy atom. The van der Waals surface area contributed by atoms with Crippen LogP contribution in [0.2, 0.25) is 0 Å². The van der Waals surface area contributed by atoms with Crippen LogP contribution in [0.1, 0.15) is 37.8 Å². The molecule has 0 bridgehead atoms. The normalized spacial score (nSPS) is 10.5. The number of anilines is 1. The van der Waals surface area contributed by atoms with Gasteiger partial charge in [0.15, 0.2) is 0 Å². The van der Waals surface area contributed by atoms with E-state index in [1.807, 2.05) is 12.1 Å². The Labute approximate surface area is 144 Å². The largest absolute Gasteiger partial charge is 0.469 e. The average molecular weight is 338 g/mol. The number of carbonyl (C=O) groups excluding carboxylic acids is 2. The van der Waals surface area contributed by atoms with Gasteiger partial charge in [-0.2, -0.15) is 0 Å². The van der Waals surface area contributed by atoms with Crippen LogP contribution in [0.3, 0.4) is 0 Å². The maximum absolute atomic E-state index is 12.1. The van der Waals surface area contributed by atoms with Crippen LogP contribution in [0.25, 0.3) is 0 Å². The maximum Gasteiger partial charge on any atom is 0.259 e. The fourth-order valence-electron chi connectivity index (χ4n) is 2.42. The van der Waals surface area contributed by atoms with Gasteiger partial charge in [0, 0.05) is 12.2 Å². The van der Waals surface area contributed by atoms with E-state index in [4.69, 9.17) is 8.83 Å². The molecule has 2 N–H and O–H groups in total. The maximum atomic E-state index is 12.1. The van der Waals surface area contributed by atoms with Gasteiger partial charge in [-0.25, -0.2) is 0 Å². The van der Waals surface area contributed by atoms with Crippen molar-refractivity contribution in [3.63, 3.8) is 0 Å². The molecule has 25 heavy (non-hydrogen) atoms. The second kappa shape index (κ2) is 7.09. The minimum atomic E-state index is -0.220. The summed E-state index contributed by atoms with van der Waals surface area (Å²) in [6.07, 6.45) is 2.97. The minimum Gasteiger partial charge on any atom is -0.469 e. The number of aryl methyl sites for hydroxylation is 2. The predicted molar refractivity (Wildman–Crippen MR) is 92.5 cm³/mol. The van der Waals surface area contributed by atoms with Crippen LogP contribution < -0.4 is 10.6 Å². The molecular formula is C19H18N2O4. The molecule has 0 aliphatic rings. The van der Waals surface area contributed by atoms with Crippen LogP contribution in [0.5, 0.6) is 0 Å². The molecule has 6 nitrogen and oxygen atoms in total. The molecule has 0 saturated carbocycles. The van der Waals surface area contributed by atoms with E-state index in [1.165, 1.54) is 12.5 Å².